The summed E-state index contributed by atoms with van der Waals surface area (Å²) in [6.45, 7) is 4.18. The van der Waals surface area contributed by atoms with Crippen LogP contribution in [0.5, 0.6) is 0 Å². The van der Waals surface area contributed by atoms with Gasteiger partial charge in [-0.1, -0.05) is 13.3 Å². The van der Waals surface area contributed by atoms with E-state index in [1.807, 2.05) is 19.1 Å². The van der Waals surface area contributed by atoms with Gasteiger partial charge in [-0.25, -0.2) is 0 Å². The first-order valence-corrected chi connectivity index (χ1v) is 4.86. The fraction of sp³-hybridized carbons (Fsp3) is 0.600. The lowest BCUT2D eigenvalue weighted by Gasteiger charge is -2.02. The van der Waals surface area contributed by atoms with Gasteiger partial charge < -0.3 is 5.32 Å². The summed E-state index contributed by atoms with van der Waals surface area (Å²) >= 11 is 0. The molecule has 0 saturated heterocycles. The third-order valence-corrected chi connectivity index (χ3v) is 2.58. The average molecular weight is 177 g/mol. The molecule has 1 aliphatic rings. The summed E-state index contributed by atoms with van der Waals surface area (Å²) in [7, 11) is 0. The zero-order valence-electron chi connectivity index (χ0n) is 8.12. The lowest BCUT2D eigenvalue weighted by atomic mass is 10.3. The summed E-state index contributed by atoms with van der Waals surface area (Å²) in [5.41, 5.74) is 0.966. The molecule has 1 fully saturated rings. The van der Waals surface area contributed by atoms with Gasteiger partial charge in [0.05, 0.1) is 5.69 Å². The number of nitrogens with one attached hydrogen (secondary N) is 1. The van der Waals surface area contributed by atoms with E-state index in [9.17, 15) is 0 Å². The molecular formula is C10H15N3. The summed E-state index contributed by atoms with van der Waals surface area (Å²) in [5, 5.41) is 11.4. The van der Waals surface area contributed by atoms with E-state index in [-0.39, 0.29) is 0 Å². The first kappa shape index (κ1) is 8.48. The van der Waals surface area contributed by atoms with E-state index in [1.54, 1.807) is 0 Å². The van der Waals surface area contributed by atoms with E-state index in [2.05, 4.69) is 22.4 Å². The van der Waals surface area contributed by atoms with Crippen molar-refractivity contribution in [1.82, 2.24) is 10.2 Å². The molecule has 2 rings (SSSR count). The van der Waals surface area contributed by atoms with Crippen molar-refractivity contribution in [3.63, 3.8) is 0 Å². The van der Waals surface area contributed by atoms with Crippen molar-refractivity contribution in [3.05, 3.63) is 17.8 Å². The Hall–Kier alpha value is -1.12. The highest BCUT2D eigenvalue weighted by Gasteiger charge is 2.35. The smallest absolute Gasteiger partial charge is 0.148 e. The van der Waals surface area contributed by atoms with E-state index < -0.39 is 0 Å². The molecule has 70 valence electrons. The molecule has 1 saturated carbocycles. The number of aryl methyl sites for hydroxylation is 1. The third kappa shape index (κ3) is 1.97. The molecule has 1 heterocycles. The molecular weight excluding hydrogens is 162 g/mol. The highest BCUT2D eigenvalue weighted by atomic mass is 15.2. The van der Waals surface area contributed by atoms with Crippen LogP contribution in [0.3, 0.4) is 0 Å². The van der Waals surface area contributed by atoms with Gasteiger partial charge in [-0.05, 0) is 31.4 Å². The van der Waals surface area contributed by atoms with E-state index in [4.69, 9.17) is 0 Å². The standard InChI is InChI=1S/C10H15N3/c1-3-8-6-9(8)11-10-5-4-7(2)12-13-10/h4-5,8-9H,3,6H2,1-2H3,(H,11,13). The van der Waals surface area contributed by atoms with Gasteiger partial charge in [-0.15, -0.1) is 5.10 Å². The Morgan fingerprint density at radius 2 is 2.31 bits per heavy atom. The summed E-state index contributed by atoms with van der Waals surface area (Å²) in [4.78, 5) is 0. The van der Waals surface area contributed by atoms with Crippen LogP contribution in [-0.4, -0.2) is 16.2 Å². The molecule has 2 unspecified atom stereocenters. The Labute approximate surface area is 78.6 Å². The molecule has 0 aromatic carbocycles. The summed E-state index contributed by atoms with van der Waals surface area (Å²) in [6, 6.07) is 4.62. The molecule has 0 spiro atoms. The van der Waals surface area contributed by atoms with Crippen LogP contribution >= 0.6 is 0 Å². The lowest BCUT2D eigenvalue weighted by Crippen LogP contribution is -2.06. The van der Waals surface area contributed by atoms with Gasteiger partial charge in [0.15, 0.2) is 0 Å². The van der Waals surface area contributed by atoms with Crippen LogP contribution in [0, 0.1) is 12.8 Å². The van der Waals surface area contributed by atoms with Crippen molar-refractivity contribution >= 4 is 5.82 Å². The fourth-order valence-corrected chi connectivity index (χ4v) is 1.54. The number of anilines is 1. The zero-order valence-corrected chi connectivity index (χ0v) is 8.12. The Bertz CT molecular complexity index is 281. The number of aromatic nitrogens is 2. The normalized spacial score (nSPS) is 25.7. The molecule has 2 atom stereocenters. The second kappa shape index (κ2) is 3.32. The van der Waals surface area contributed by atoms with Crippen molar-refractivity contribution < 1.29 is 0 Å². The van der Waals surface area contributed by atoms with Crippen LogP contribution < -0.4 is 5.32 Å². The van der Waals surface area contributed by atoms with Gasteiger partial charge in [0, 0.05) is 6.04 Å². The van der Waals surface area contributed by atoms with Crippen LogP contribution in [0.25, 0.3) is 0 Å². The topological polar surface area (TPSA) is 37.8 Å². The van der Waals surface area contributed by atoms with Gasteiger partial charge in [-0.2, -0.15) is 5.10 Å². The van der Waals surface area contributed by atoms with Crippen molar-refractivity contribution in [1.29, 1.82) is 0 Å². The molecule has 3 heteroatoms. The maximum absolute atomic E-state index is 4.07. The SMILES string of the molecule is CCC1CC1Nc1ccc(C)nn1. The van der Waals surface area contributed by atoms with Gasteiger partial charge in [-0.3, -0.25) is 0 Å². The van der Waals surface area contributed by atoms with E-state index in [0.717, 1.165) is 17.4 Å². The predicted molar refractivity (Wildman–Crippen MR) is 52.6 cm³/mol. The van der Waals surface area contributed by atoms with Gasteiger partial charge in [0.25, 0.3) is 0 Å². The molecule has 3 nitrogen and oxygen atoms in total. The summed E-state index contributed by atoms with van der Waals surface area (Å²) in [6.07, 6.45) is 2.54. The molecule has 0 radical (unpaired) electrons. The number of nitrogens with zero attached hydrogens (tertiary/aromatic N) is 2. The minimum absolute atomic E-state index is 0.641. The zero-order chi connectivity index (χ0) is 9.26. The number of hydrogen-bond acceptors (Lipinski definition) is 3. The molecule has 1 aliphatic carbocycles. The van der Waals surface area contributed by atoms with Crippen molar-refractivity contribution in [2.24, 2.45) is 5.92 Å². The molecule has 0 aliphatic heterocycles. The first-order chi connectivity index (χ1) is 6.29. The van der Waals surface area contributed by atoms with Gasteiger partial charge in [0.2, 0.25) is 0 Å². The monoisotopic (exact) mass is 177 g/mol. The van der Waals surface area contributed by atoms with Crippen LogP contribution in [0.15, 0.2) is 12.1 Å². The molecule has 1 aromatic heterocycles. The highest BCUT2D eigenvalue weighted by Crippen LogP contribution is 2.35. The van der Waals surface area contributed by atoms with Crippen LogP contribution in [0.2, 0.25) is 0 Å². The van der Waals surface area contributed by atoms with Crippen LogP contribution in [0.4, 0.5) is 5.82 Å². The molecule has 0 amide bonds. The van der Waals surface area contributed by atoms with Crippen molar-refractivity contribution in [2.75, 3.05) is 5.32 Å². The van der Waals surface area contributed by atoms with Crippen molar-refractivity contribution in [3.8, 4) is 0 Å². The van der Waals surface area contributed by atoms with E-state index in [1.165, 1.54) is 12.8 Å². The largest absolute Gasteiger partial charge is 0.366 e. The van der Waals surface area contributed by atoms with Crippen molar-refractivity contribution in [2.45, 2.75) is 32.7 Å². The quantitative estimate of drug-likeness (QED) is 0.767. The van der Waals surface area contributed by atoms with Gasteiger partial charge in [0.1, 0.15) is 5.82 Å². The Balaban J connectivity index is 1.92. The first-order valence-electron chi connectivity index (χ1n) is 4.86. The Morgan fingerprint density at radius 1 is 1.46 bits per heavy atom. The van der Waals surface area contributed by atoms with Gasteiger partial charge >= 0.3 is 0 Å². The highest BCUT2D eigenvalue weighted by molar-refractivity contribution is 5.36. The maximum Gasteiger partial charge on any atom is 0.148 e. The molecule has 13 heavy (non-hydrogen) atoms. The predicted octanol–water partition coefficient (Wildman–Crippen LogP) is 2.00. The lowest BCUT2D eigenvalue weighted by molar-refractivity contribution is 0.771. The van der Waals surface area contributed by atoms with Crippen LogP contribution in [0.1, 0.15) is 25.5 Å². The number of rotatable bonds is 3. The molecule has 0 bridgehead atoms. The van der Waals surface area contributed by atoms with E-state index in [0.29, 0.717) is 6.04 Å². The Kier molecular flexibility index (Phi) is 2.17. The summed E-state index contributed by atoms with van der Waals surface area (Å²) < 4.78 is 0. The second-order valence-corrected chi connectivity index (χ2v) is 3.71. The van der Waals surface area contributed by atoms with E-state index >= 15 is 0 Å². The Morgan fingerprint density at radius 3 is 2.85 bits per heavy atom. The third-order valence-electron chi connectivity index (χ3n) is 2.58. The minimum Gasteiger partial charge on any atom is -0.366 e. The average Bonchev–Trinajstić information content (AvgIpc) is 2.88. The number of hydrogen-bond donors (Lipinski definition) is 1. The molecule has 1 N–H and O–H groups in total. The minimum atomic E-state index is 0.641. The second-order valence-electron chi connectivity index (χ2n) is 3.71. The summed E-state index contributed by atoms with van der Waals surface area (Å²) in [5.74, 6) is 1.76. The maximum atomic E-state index is 4.07. The fourth-order valence-electron chi connectivity index (χ4n) is 1.54. The molecule has 1 aromatic rings. The van der Waals surface area contributed by atoms with Crippen LogP contribution in [-0.2, 0) is 0 Å².